The van der Waals surface area contributed by atoms with Gasteiger partial charge in [-0.15, -0.1) is 0 Å². The Morgan fingerprint density at radius 2 is 1.83 bits per heavy atom. The number of amides is 2. The number of alkyl halides is 1. The van der Waals surface area contributed by atoms with E-state index in [0.29, 0.717) is 6.54 Å². The van der Waals surface area contributed by atoms with Gasteiger partial charge in [-0.1, -0.05) is 55.2 Å². The Bertz CT molecular complexity index is 965. The van der Waals surface area contributed by atoms with Gasteiger partial charge in [0.15, 0.2) is 0 Å². The predicted octanol–water partition coefficient (Wildman–Crippen LogP) is 3.99. The lowest BCUT2D eigenvalue weighted by Crippen LogP contribution is -2.42. The number of carbonyl (C=O) groups is 2. The van der Waals surface area contributed by atoms with E-state index in [0.717, 1.165) is 13.1 Å². The molecule has 8 heteroatoms. The first-order valence-corrected chi connectivity index (χ1v) is 10.1. The van der Waals surface area contributed by atoms with E-state index in [1.165, 1.54) is 29.2 Å². The summed E-state index contributed by atoms with van der Waals surface area (Å²) in [4.78, 5) is 28.5. The number of fused-ring (bicyclic) bond motifs is 1. The minimum atomic E-state index is -2.55. The van der Waals surface area contributed by atoms with Gasteiger partial charge in [-0.25, -0.2) is 4.39 Å². The summed E-state index contributed by atoms with van der Waals surface area (Å²) in [6.07, 6.45) is 0. The van der Waals surface area contributed by atoms with Crippen LogP contribution in [0, 0.1) is 0 Å². The fourth-order valence-electron chi connectivity index (χ4n) is 3.68. The second-order valence-corrected chi connectivity index (χ2v) is 7.65. The third-order valence-corrected chi connectivity index (χ3v) is 5.94. The molecule has 5 nitrogen and oxygen atoms in total. The second-order valence-electron chi connectivity index (χ2n) is 6.84. The molecule has 0 bridgehead atoms. The van der Waals surface area contributed by atoms with Crippen LogP contribution in [-0.4, -0.2) is 42.9 Å². The van der Waals surface area contributed by atoms with E-state index in [9.17, 15) is 9.59 Å². The number of hydrogen-bond donors (Lipinski definition) is 1. The third kappa shape index (κ3) is 3.61. The quantitative estimate of drug-likeness (QED) is 0.711. The van der Waals surface area contributed by atoms with Crippen molar-refractivity contribution in [3.8, 4) is 0 Å². The average molecular weight is 438 g/mol. The van der Waals surface area contributed by atoms with Crippen LogP contribution >= 0.6 is 23.2 Å². The summed E-state index contributed by atoms with van der Waals surface area (Å²) < 4.78 is 16.5. The van der Waals surface area contributed by atoms with E-state index in [4.69, 9.17) is 28.9 Å². The molecule has 0 aromatic heterocycles. The van der Waals surface area contributed by atoms with Crippen molar-refractivity contribution in [1.29, 1.82) is 0 Å². The molecule has 1 aliphatic rings. The van der Waals surface area contributed by atoms with Gasteiger partial charge in [-0.3, -0.25) is 9.59 Å². The van der Waals surface area contributed by atoms with Crippen LogP contribution in [0.2, 0.25) is 10.0 Å². The van der Waals surface area contributed by atoms with Gasteiger partial charge in [-0.05, 0) is 31.3 Å². The Hall–Kier alpha value is -2.15. The Kier molecular flexibility index (Phi) is 6.17. The molecule has 1 aliphatic heterocycles. The van der Waals surface area contributed by atoms with Gasteiger partial charge in [0, 0.05) is 34.8 Å². The fraction of sp³-hybridized carbons (Fsp3) is 0.333. The molecule has 0 saturated heterocycles. The van der Waals surface area contributed by atoms with Gasteiger partial charge in [0.25, 0.3) is 5.91 Å². The standard InChI is InChI=1S/C21H22Cl2FN3O2/c1-3-26(4-2)9-10-27-17-12-13(19(25)28)11-16(23)18(17)21(24,20(27)29)14-7-5-6-8-15(14)22/h5-8,11-12H,3-4,9-10H2,1-2H3,(H2,25,28). The second kappa shape index (κ2) is 8.30. The summed E-state index contributed by atoms with van der Waals surface area (Å²) in [6, 6.07) is 8.97. The third-order valence-electron chi connectivity index (χ3n) is 5.31. The SMILES string of the molecule is CCN(CC)CCN1C(=O)C(F)(c2ccccc2Cl)c2c(Cl)cc(C(N)=O)cc21. The number of benzene rings is 2. The van der Waals surface area contributed by atoms with Crippen LogP contribution in [0.1, 0.15) is 35.3 Å². The minimum absolute atomic E-state index is 0.0122. The summed E-state index contributed by atoms with van der Waals surface area (Å²) in [5.74, 6) is -1.49. The molecule has 1 atom stereocenters. The molecule has 1 unspecified atom stereocenters. The van der Waals surface area contributed by atoms with Crippen LogP contribution in [0.3, 0.4) is 0 Å². The van der Waals surface area contributed by atoms with E-state index in [2.05, 4.69) is 4.90 Å². The fourth-order valence-corrected chi connectivity index (χ4v) is 4.29. The van der Waals surface area contributed by atoms with Crippen LogP contribution in [-0.2, 0) is 10.5 Å². The molecular formula is C21H22Cl2FN3O2. The number of nitrogens with two attached hydrogens (primary N) is 1. The van der Waals surface area contributed by atoms with E-state index in [-0.39, 0.29) is 39.0 Å². The molecular weight excluding hydrogens is 416 g/mol. The van der Waals surface area contributed by atoms with Gasteiger partial charge in [-0.2, -0.15) is 0 Å². The highest BCUT2D eigenvalue weighted by molar-refractivity contribution is 6.35. The molecule has 0 spiro atoms. The average Bonchev–Trinajstić information content (AvgIpc) is 2.91. The highest BCUT2D eigenvalue weighted by atomic mass is 35.5. The Morgan fingerprint density at radius 3 is 2.41 bits per heavy atom. The van der Waals surface area contributed by atoms with E-state index < -0.39 is 17.5 Å². The Balaban J connectivity index is 2.19. The van der Waals surface area contributed by atoms with Gasteiger partial charge >= 0.3 is 0 Å². The summed E-state index contributed by atoms with van der Waals surface area (Å²) in [5.41, 5.74) is 3.21. The molecule has 2 N–H and O–H groups in total. The number of halogens is 3. The number of carbonyl (C=O) groups excluding carboxylic acids is 2. The molecule has 0 saturated carbocycles. The summed E-state index contributed by atoms with van der Waals surface area (Å²) >= 11 is 12.6. The van der Waals surface area contributed by atoms with Crippen LogP contribution < -0.4 is 10.6 Å². The highest BCUT2D eigenvalue weighted by Gasteiger charge is 2.55. The zero-order chi connectivity index (χ0) is 21.3. The van der Waals surface area contributed by atoms with Crippen molar-refractivity contribution < 1.29 is 14.0 Å². The first kappa shape index (κ1) is 21.6. The lowest BCUT2D eigenvalue weighted by molar-refractivity contribution is -0.126. The van der Waals surface area contributed by atoms with E-state index >= 15 is 4.39 Å². The van der Waals surface area contributed by atoms with Gasteiger partial charge in [0.1, 0.15) is 0 Å². The number of primary amides is 1. The Morgan fingerprint density at radius 1 is 1.17 bits per heavy atom. The number of hydrogen-bond acceptors (Lipinski definition) is 3. The van der Waals surface area contributed by atoms with Crippen LogP contribution in [0.5, 0.6) is 0 Å². The lowest BCUT2D eigenvalue weighted by Gasteiger charge is -2.25. The molecule has 29 heavy (non-hydrogen) atoms. The van der Waals surface area contributed by atoms with Gasteiger partial charge < -0.3 is 15.5 Å². The van der Waals surface area contributed by atoms with Crippen molar-refractivity contribution in [1.82, 2.24) is 4.90 Å². The summed E-state index contributed by atoms with van der Waals surface area (Å²) in [6.45, 7) is 6.37. The van der Waals surface area contributed by atoms with Gasteiger partial charge in [0.2, 0.25) is 11.6 Å². The predicted molar refractivity (Wildman–Crippen MR) is 113 cm³/mol. The van der Waals surface area contributed by atoms with Crippen molar-refractivity contribution in [2.45, 2.75) is 19.5 Å². The normalized spacial score (nSPS) is 18.4. The molecule has 0 radical (unpaired) electrons. The smallest absolute Gasteiger partial charge is 0.274 e. The van der Waals surface area contributed by atoms with Crippen molar-refractivity contribution in [2.75, 3.05) is 31.1 Å². The molecule has 2 amide bonds. The molecule has 0 aliphatic carbocycles. The lowest BCUT2D eigenvalue weighted by atomic mass is 9.88. The number of likely N-dealkylation sites (N-methyl/N-ethyl adjacent to an activating group) is 1. The first-order chi connectivity index (χ1) is 13.7. The van der Waals surface area contributed by atoms with Crippen LogP contribution in [0.4, 0.5) is 10.1 Å². The molecule has 3 rings (SSSR count). The van der Waals surface area contributed by atoms with Crippen molar-refractivity contribution in [3.63, 3.8) is 0 Å². The van der Waals surface area contributed by atoms with Crippen molar-refractivity contribution >= 4 is 40.7 Å². The van der Waals surface area contributed by atoms with Crippen molar-refractivity contribution in [3.05, 3.63) is 63.1 Å². The molecule has 1 heterocycles. The molecule has 0 fully saturated rings. The van der Waals surface area contributed by atoms with E-state index in [1.807, 2.05) is 13.8 Å². The van der Waals surface area contributed by atoms with Crippen LogP contribution in [0.15, 0.2) is 36.4 Å². The monoisotopic (exact) mass is 437 g/mol. The van der Waals surface area contributed by atoms with Crippen LogP contribution in [0.25, 0.3) is 0 Å². The summed E-state index contributed by atoms with van der Waals surface area (Å²) in [5, 5.41) is 0.0762. The minimum Gasteiger partial charge on any atom is -0.366 e. The zero-order valence-electron chi connectivity index (χ0n) is 16.2. The van der Waals surface area contributed by atoms with E-state index in [1.54, 1.807) is 12.1 Å². The number of anilines is 1. The largest absolute Gasteiger partial charge is 0.366 e. The zero-order valence-corrected chi connectivity index (χ0v) is 17.7. The highest BCUT2D eigenvalue weighted by Crippen LogP contribution is 2.52. The Labute approximate surface area is 179 Å². The molecule has 2 aromatic carbocycles. The molecule has 2 aromatic rings. The molecule has 154 valence electrons. The first-order valence-electron chi connectivity index (χ1n) is 9.37. The number of nitrogens with zero attached hydrogens (tertiary/aromatic N) is 2. The maximum Gasteiger partial charge on any atom is 0.274 e. The number of rotatable bonds is 7. The maximum atomic E-state index is 16.5. The topological polar surface area (TPSA) is 66.6 Å². The summed E-state index contributed by atoms with van der Waals surface area (Å²) in [7, 11) is 0. The van der Waals surface area contributed by atoms with Crippen molar-refractivity contribution in [2.24, 2.45) is 5.73 Å². The van der Waals surface area contributed by atoms with Gasteiger partial charge in [0.05, 0.1) is 10.7 Å². The maximum absolute atomic E-state index is 16.5.